The lowest BCUT2D eigenvalue weighted by atomic mass is 10.1. The molecule has 12 heavy (non-hydrogen) atoms. The molecule has 0 spiro atoms. The normalized spacial score (nSPS) is 9.83. The maximum Gasteiger partial charge on any atom is 0.0114 e. The summed E-state index contributed by atoms with van der Waals surface area (Å²) in [6.07, 6.45) is 6.42. The van der Waals surface area contributed by atoms with E-state index in [0.29, 0.717) is 5.70 Å². The molecule has 0 heterocycles. The molecule has 66 valence electrons. The molecule has 1 heteroatoms. The van der Waals surface area contributed by atoms with Crippen LogP contribution in [0.25, 0.3) is 0 Å². The van der Waals surface area contributed by atoms with Gasteiger partial charge >= 0.3 is 0 Å². The van der Waals surface area contributed by atoms with E-state index in [1.165, 1.54) is 11.1 Å². The summed E-state index contributed by atoms with van der Waals surface area (Å²) in [7, 11) is 0. The van der Waals surface area contributed by atoms with Gasteiger partial charge in [-0.05, 0) is 19.4 Å². The molecule has 2 N–H and O–H groups in total. The van der Waals surface area contributed by atoms with Gasteiger partial charge in [0.05, 0.1) is 0 Å². The van der Waals surface area contributed by atoms with Crippen LogP contribution in [0.5, 0.6) is 0 Å². The van der Waals surface area contributed by atoms with E-state index in [4.69, 9.17) is 5.73 Å². The minimum atomic E-state index is 0.694. The summed E-state index contributed by atoms with van der Waals surface area (Å²) in [6.45, 7) is 11.4. The highest BCUT2D eigenvalue weighted by atomic mass is 14.6. The van der Waals surface area contributed by atoms with Gasteiger partial charge in [0.25, 0.3) is 0 Å². The predicted molar refractivity (Wildman–Crippen MR) is 55.7 cm³/mol. The van der Waals surface area contributed by atoms with Gasteiger partial charge in [-0.2, -0.15) is 0 Å². The van der Waals surface area contributed by atoms with Crippen molar-refractivity contribution in [3.05, 3.63) is 48.2 Å². The van der Waals surface area contributed by atoms with Gasteiger partial charge in [0, 0.05) is 12.1 Å². The van der Waals surface area contributed by atoms with Crippen molar-refractivity contribution in [1.29, 1.82) is 0 Å². The van der Waals surface area contributed by atoms with Crippen molar-refractivity contribution in [3.63, 3.8) is 0 Å². The summed E-state index contributed by atoms with van der Waals surface area (Å²) in [5, 5.41) is 0. The Morgan fingerprint density at radius 2 is 2.00 bits per heavy atom. The Bertz CT molecular complexity index is 227. The average molecular weight is 163 g/mol. The Morgan fingerprint density at radius 3 is 2.33 bits per heavy atom. The van der Waals surface area contributed by atoms with Gasteiger partial charge in [0.1, 0.15) is 0 Å². The van der Waals surface area contributed by atoms with E-state index in [9.17, 15) is 0 Å². The number of nitrogens with two attached hydrogens (primary N) is 1. The van der Waals surface area contributed by atoms with Crippen LogP contribution >= 0.6 is 0 Å². The van der Waals surface area contributed by atoms with Crippen LogP contribution < -0.4 is 5.73 Å². The molecule has 0 atom stereocenters. The van der Waals surface area contributed by atoms with Crippen LogP contribution in [0.4, 0.5) is 0 Å². The van der Waals surface area contributed by atoms with E-state index in [1.807, 2.05) is 12.2 Å². The molecule has 0 radical (unpaired) electrons. The van der Waals surface area contributed by atoms with Crippen LogP contribution in [0.2, 0.25) is 0 Å². The minimum Gasteiger partial charge on any atom is -0.402 e. The second-order valence-electron chi connectivity index (χ2n) is 2.96. The second kappa shape index (κ2) is 5.42. The lowest BCUT2D eigenvalue weighted by Gasteiger charge is -2.03. The van der Waals surface area contributed by atoms with Crippen molar-refractivity contribution >= 4 is 0 Å². The molecule has 0 aromatic rings. The third kappa shape index (κ3) is 4.56. The average Bonchev–Trinajstić information content (AvgIpc) is 1.96. The first-order valence-electron chi connectivity index (χ1n) is 3.96. The highest BCUT2D eigenvalue weighted by Crippen LogP contribution is 2.12. The van der Waals surface area contributed by atoms with Crippen LogP contribution in [-0.2, 0) is 0 Å². The fraction of sp³-hybridized carbons (Fsp3) is 0.273. The Kier molecular flexibility index (Phi) is 4.86. The molecule has 0 aromatic carbocycles. The lowest BCUT2D eigenvalue weighted by molar-refractivity contribution is 1.09. The van der Waals surface area contributed by atoms with Crippen molar-refractivity contribution in [1.82, 2.24) is 0 Å². The van der Waals surface area contributed by atoms with Gasteiger partial charge in [-0.1, -0.05) is 37.0 Å². The smallest absolute Gasteiger partial charge is 0.0114 e. The summed E-state index contributed by atoms with van der Waals surface area (Å²) in [5.74, 6) is 0. The molecule has 0 saturated heterocycles. The zero-order valence-electron chi connectivity index (χ0n) is 7.93. The molecule has 0 aliphatic heterocycles. The largest absolute Gasteiger partial charge is 0.402 e. The van der Waals surface area contributed by atoms with Crippen molar-refractivity contribution in [2.24, 2.45) is 5.73 Å². The van der Waals surface area contributed by atoms with Gasteiger partial charge in [-0.25, -0.2) is 0 Å². The Labute approximate surface area is 75.0 Å². The number of allylic oxidation sites excluding steroid dienone is 5. The molecule has 0 saturated carbocycles. The zero-order valence-corrected chi connectivity index (χ0v) is 7.93. The van der Waals surface area contributed by atoms with Gasteiger partial charge < -0.3 is 5.73 Å². The summed E-state index contributed by atoms with van der Waals surface area (Å²) < 4.78 is 0. The standard InChI is InChI=1S/C11H17N/c1-5-6-7-11(9(2)3)8-10(4)12/h5-7H,1,4,8,12H2,2-3H3/b7-6-. The monoisotopic (exact) mass is 163 g/mol. The molecule has 0 fully saturated rings. The molecular weight excluding hydrogens is 146 g/mol. The Hall–Kier alpha value is -1.24. The molecular formula is C11H17N. The third-order valence-electron chi connectivity index (χ3n) is 1.49. The highest BCUT2D eigenvalue weighted by molar-refractivity contribution is 5.29. The topological polar surface area (TPSA) is 26.0 Å². The van der Waals surface area contributed by atoms with E-state index in [2.05, 4.69) is 27.0 Å². The SMILES string of the molecule is C=C/C=C\C(CC(=C)N)=C(C)C. The van der Waals surface area contributed by atoms with E-state index in [1.54, 1.807) is 6.08 Å². The second-order valence-corrected chi connectivity index (χ2v) is 2.96. The fourth-order valence-corrected chi connectivity index (χ4v) is 0.831. The van der Waals surface area contributed by atoms with Gasteiger partial charge in [-0.15, -0.1) is 0 Å². The summed E-state index contributed by atoms with van der Waals surface area (Å²) >= 11 is 0. The van der Waals surface area contributed by atoms with Gasteiger partial charge in [0.15, 0.2) is 0 Å². The van der Waals surface area contributed by atoms with Gasteiger partial charge in [0.2, 0.25) is 0 Å². The zero-order chi connectivity index (χ0) is 9.56. The molecule has 0 aliphatic carbocycles. The molecule has 0 bridgehead atoms. The van der Waals surface area contributed by atoms with Crippen LogP contribution in [-0.4, -0.2) is 0 Å². The molecule has 0 aromatic heterocycles. The predicted octanol–water partition coefficient (Wildman–Crippen LogP) is 2.93. The Morgan fingerprint density at radius 1 is 1.42 bits per heavy atom. The van der Waals surface area contributed by atoms with E-state index in [-0.39, 0.29) is 0 Å². The minimum absolute atomic E-state index is 0.694. The van der Waals surface area contributed by atoms with Crippen LogP contribution in [0.3, 0.4) is 0 Å². The molecule has 1 nitrogen and oxygen atoms in total. The molecule has 0 unspecified atom stereocenters. The number of rotatable bonds is 4. The van der Waals surface area contributed by atoms with Crippen molar-refractivity contribution < 1.29 is 0 Å². The van der Waals surface area contributed by atoms with E-state index < -0.39 is 0 Å². The van der Waals surface area contributed by atoms with E-state index >= 15 is 0 Å². The van der Waals surface area contributed by atoms with Crippen LogP contribution in [0.15, 0.2) is 48.2 Å². The maximum atomic E-state index is 5.51. The molecule has 0 aliphatic rings. The molecule has 0 rings (SSSR count). The highest BCUT2D eigenvalue weighted by Gasteiger charge is 1.95. The van der Waals surface area contributed by atoms with Crippen molar-refractivity contribution in [3.8, 4) is 0 Å². The number of hydrogen-bond donors (Lipinski definition) is 1. The Balaban J connectivity index is 4.47. The first-order chi connectivity index (χ1) is 5.57. The summed E-state index contributed by atoms with van der Waals surface area (Å²) in [6, 6.07) is 0. The van der Waals surface area contributed by atoms with E-state index in [0.717, 1.165) is 6.42 Å². The summed E-state index contributed by atoms with van der Waals surface area (Å²) in [4.78, 5) is 0. The lowest BCUT2D eigenvalue weighted by Crippen LogP contribution is -1.96. The summed E-state index contributed by atoms with van der Waals surface area (Å²) in [5.41, 5.74) is 8.68. The first-order valence-corrected chi connectivity index (χ1v) is 3.96. The third-order valence-corrected chi connectivity index (χ3v) is 1.49. The van der Waals surface area contributed by atoms with Crippen LogP contribution in [0.1, 0.15) is 20.3 Å². The first kappa shape index (κ1) is 10.8. The van der Waals surface area contributed by atoms with Gasteiger partial charge in [-0.3, -0.25) is 0 Å². The van der Waals surface area contributed by atoms with Crippen molar-refractivity contribution in [2.45, 2.75) is 20.3 Å². The van der Waals surface area contributed by atoms with Crippen LogP contribution in [0, 0.1) is 0 Å². The molecule has 0 amide bonds. The maximum absolute atomic E-state index is 5.51. The number of hydrogen-bond acceptors (Lipinski definition) is 1. The van der Waals surface area contributed by atoms with Crippen molar-refractivity contribution in [2.75, 3.05) is 0 Å². The quantitative estimate of drug-likeness (QED) is 0.633. The fourth-order valence-electron chi connectivity index (χ4n) is 0.831.